The predicted molar refractivity (Wildman–Crippen MR) is 77.9 cm³/mol. The van der Waals surface area contributed by atoms with Crippen LogP contribution >= 0.6 is 11.6 Å². The van der Waals surface area contributed by atoms with Gasteiger partial charge < -0.3 is 20.5 Å². The van der Waals surface area contributed by atoms with Crippen molar-refractivity contribution in [2.75, 3.05) is 26.9 Å². The molecule has 1 aromatic carbocycles. The summed E-state index contributed by atoms with van der Waals surface area (Å²) in [5.41, 5.74) is 5.72. The Morgan fingerprint density at radius 2 is 2.32 bits per heavy atom. The number of ether oxygens (including phenoxy) is 2. The molecule has 0 aliphatic heterocycles. The van der Waals surface area contributed by atoms with E-state index in [0.717, 1.165) is 5.75 Å². The summed E-state index contributed by atoms with van der Waals surface area (Å²) < 4.78 is 10.5. The number of nitrogens with zero attached hydrogens (tertiary/aromatic N) is 1. The molecule has 0 saturated heterocycles. The zero-order valence-electron chi connectivity index (χ0n) is 11.2. The highest BCUT2D eigenvalue weighted by molar-refractivity contribution is 6.30. The van der Waals surface area contributed by atoms with Gasteiger partial charge in [0.1, 0.15) is 12.4 Å². The van der Waals surface area contributed by atoms with E-state index in [2.05, 4.69) is 10.3 Å². The third kappa shape index (κ3) is 6.88. The molecule has 1 unspecified atom stereocenters. The van der Waals surface area contributed by atoms with Crippen LogP contribution in [0.4, 0.5) is 0 Å². The van der Waals surface area contributed by atoms with E-state index in [1.54, 1.807) is 19.2 Å². The van der Waals surface area contributed by atoms with Crippen LogP contribution < -0.4 is 15.8 Å². The fourth-order valence-electron chi connectivity index (χ4n) is 1.48. The van der Waals surface area contributed by atoms with Gasteiger partial charge in [-0.3, -0.25) is 0 Å². The van der Waals surface area contributed by atoms with Gasteiger partial charge in [0.15, 0.2) is 5.96 Å². The summed E-state index contributed by atoms with van der Waals surface area (Å²) in [5, 5.41) is 3.66. The van der Waals surface area contributed by atoms with E-state index < -0.39 is 0 Å². The second kappa shape index (κ2) is 8.61. The number of guanidine groups is 1. The fraction of sp³-hybridized carbons (Fsp3) is 0.462. The van der Waals surface area contributed by atoms with Gasteiger partial charge in [0.25, 0.3) is 0 Å². The number of hydrogen-bond donors (Lipinski definition) is 2. The summed E-state index contributed by atoms with van der Waals surface area (Å²) in [5.74, 6) is 1.11. The molecule has 0 bridgehead atoms. The molecule has 0 spiro atoms. The maximum Gasteiger partial charge on any atom is 0.188 e. The van der Waals surface area contributed by atoms with Crippen molar-refractivity contribution in [3.8, 4) is 5.75 Å². The number of methoxy groups -OCH3 is 1. The maximum atomic E-state index is 5.85. The molecule has 1 rings (SSSR count). The highest BCUT2D eigenvalue weighted by Gasteiger charge is 2.01. The van der Waals surface area contributed by atoms with Crippen molar-refractivity contribution in [1.82, 2.24) is 5.32 Å². The first-order valence-corrected chi connectivity index (χ1v) is 6.43. The van der Waals surface area contributed by atoms with Crippen LogP contribution in [0.1, 0.15) is 6.92 Å². The molecule has 0 aliphatic rings. The van der Waals surface area contributed by atoms with Gasteiger partial charge in [-0.15, -0.1) is 0 Å². The Morgan fingerprint density at radius 3 is 3.00 bits per heavy atom. The second-order valence-corrected chi connectivity index (χ2v) is 4.51. The molecule has 0 amide bonds. The predicted octanol–water partition coefficient (Wildman–Crippen LogP) is 1.66. The van der Waals surface area contributed by atoms with Crippen LogP contribution in [0.25, 0.3) is 0 Å². The SMILES string of the molecule is COCC(C)NC(N)=NCCOc1cccc(Cl)c1. The van der Waals surface area contributed by atoms with Crippen molar-refractivity contribution in [1.29, 1.82) is 0 Å². The van der Waals surface area contributed by atoms with E-state index >= 15 is 0 Å². The van der Waals surface area contributed by atoms with Gasteiger partial charge in [-0.2, -0.15) is 0 Å². The van der Waals surface area contributed by atoms with E-state index in [9.17, 15) is 0 Å². The number of halogens is 1. The fourth-order valence-corrected chi connectivity index (χ4v) is 1.66. The molecule has 5 nitrogen and oxygen atoms in total. The molecular formula is C13H20ClN3O2. The topological polar surface area (TPSA) is 68.9 Å². The normalized spacial score (nSPS) is 13.1. The number of nitrogens with two attached hydrogens (primary N) is 1. The summed E-state index contributed by atoms with van der Waals surface area (Å²) >= 11 is 5.85. The van der Waals surface area contributed by atoms with E-state index in [1.807, 2.05) is 19.1 Å². The van der Waals surface area contributed by atoms with Crippen LogP contribution in [0.15, 0.2) is 29.3 Å². The van der Waals surface area contributed by atoms with E-state index in [1.165, 1.54) is 0 Å². The van der Waals surface area contributed by atoms with E-state index in [0.29, 0.717) is 30.7 Å². The van der Waals surface area contributed by atoms with Crippen LogP contribution in [0, 0.1) is 0 Å². The lowest BCUT2D eigenvalue weighted by Crippen LogP contribution is -2.40. The lowest BCUT2D eigenvalue weighted by atomic mass is 10.3. The van der Waals surface area contributed by atoms with Crippen LogP contribution in [-0.2, 0) is 4.74 Å². The minimum absolute atomic E-state index is 0.127. The van der Waals surface area contributed by atoms with Gasteiger partial charge in [-0.1, -0.05) is 17.7 Å². The lowest BCUT2D eigenvalue weighted by Gasteiger charge is -2.13. The van der Waals surface area contributed by atoms with Crippen molar-refractivity contribution >= 4 is 17.6 Å². The van der Waals surface area contributed by atoms with Crippen molar-refractivity contribution < 1.29 is 9.47 Å². The third-order valence-electron chi connectivity index (χ3n) is 2.25. The Bertz CT molecular complexity index is 413. The van der Waals surface area contributed by atoms with Crippen LogP contribution in [-0.4, -0.2) is 38.9 Å². The summed E-state index contributed by atoms with van der Waals surface area (Å²) in [4.78, 5) is 4.15. The molecule has 1 aromatic rings. The molecule has 0 aliphatic carbocycles. The van der Waals surface area contributed by atoms with E-state index in [-0.39, 0.29) is 6.04 Å². The van der Waals surface area contributed by atoms with Gasteiger partial charge in [0.05, 0.1) is 13.2 Å². The first-order chi connectivity index (χ1) is 9.11. The summed E-state index contributed by atoms with van der Waals surface area (Å²) in [7, 11) is 1.64. The number of hydrogen-bond acceptors (Lipinski definition) is 3. The monoisotopic (exact) mass is 285 g/mol. The Kier molecular flexibility index (Phi) is 7.07. The minimum atomic E-state index is 0.127. The Labute approximate surface area is 118 Å². The molecule has 3 N–H and O–H groups in total. The van der Waals surface area contributed by atoms with Crippen LogP contribution in [0.3, 0.4) is 0 Å². The summed E-state index contributed by atoms with van der Waals surface area (Å²) in [6.45, 7) is 3.47. The Morgan fingerprint density at radius 1 is 1.53 bits per heavy atom. The number of benzene rings is 1. The van der Waals surface area contributed by atoms with Crippen molar-refractivity contribution in [3.63, 3.8) is 0 Å². The average Bonchev–Trinajstić information content (AvgIpc) is 2.35. The smallest absolute Gasteiger partial charge is 0.188 e. The molecule has 106 valence electrons. The van der Waals surface area contributed by atoms with Gasteiger partial charge in [0, 0.05) is 18.2 Å². The summed E-state index contributed by atoms with van der Waals surface area (Å²) in [6.07, 6.45) is 0. The van der Waals surface area contributed by atoms with E-state index in [4.69, 9.17) is 26.8 Å². The molecule has 19 heavy (non-hydrogen) atoms. The van der Waals surface area contributed by atoms with Crippen LogP contribution in [0.2, 0.25) is 5.02 Å². The third-order valence-corrected chi connectivity index (χ3v) is 2.48. The number of aliphatic imine (C=N–C) groups is 1. The Balaban J connectivity index is 2.25. The standard InChI is InChI=1S/C13H20ClN3O2/c1-10(9-18-2)17-13(15)16-6-7-19-12-5-3-4-11(14)8-12/h3-5,8,10H,6-7,9H2,1-2H3,(H3,15,16,17). The van der Waals surface area contributed by atoms with Gasteiger partial charge in [-0.05, 0) is 25.1 Å². The molecular weight excluding hydrogens is 266 g/mol. The Hall–Kier alpha value is -1.46. The van der Waals surface area contributed by atoms with Gasteiger partial charge >= 0.3 is 0 Å². The zero-order chi connectivity index (χ0) is 14.1. The molecule has 0 aromatic heterocycles. The first kappa shape index (κ1) is 15.6. The largest absolute Gasteiger partial charge is 0.492 e. The number of rotatable bonds is 7. The lowest BCUT2D eigenvalue weighted by molar-refractivity contribution is 0.179. The van der Waals surface area contributed by atoms with Gasteiger partial charge in [0.2, 0.25) is 0 Å². The minimum Gasteiger partial charge on any atom is -0.492 e. The molecule has 0 fully saturated rings. The highest BCUT2D eigenvalue weighted by Crippen LogP contribution is 2.16. The van der Waals surface area contributed by atoms with Crippen molar-refractivity contribution in [2.24, 2.45) is 10.7 Å². The maximum absolute atomic E-state index is 5.85. The molecule has 0 radical (unpaired) electrons. The number of nitrogens with one attached hydrogen (secondary N) is 1. The van der Waals surface area contributed by atoms with Gasteiger partial charge in [-0.25, -0.2) is 4.99 Å². The second-order valence-electron chi connectivity index (χ2n) is 4.07. The molecule has 1 atom stereocenters. The van der Waals surface area contributed by atoms with Crippen molar-refractivity contribution in [3.05, 3.63) is 29.3 Å². The zero-order valence-corrected chi connectivity index (χ0v) is 12.0. The summed E-state index contributed by atoms with van der Waals surface area (Å²) in [6, 6.07) is 7.36. The molecule has 0 saturated carbocycles. The molecule has 0 heterocycles. The average molecular weight is 286 g/mol. The first-order valence-electron chi connectivity index (χ1n) is 6.05. The quantitative estimate of drug-likeness (QED) is 0.454. The highest BCUT2D eigenvalue weighted by atomic mass is 35.5. The molecule has 6 heteroatoms. The van der Waals surface area contributed by atoms with Crippen LogP contribution in [0.5, 0.6) is 5.75 Å². The van der Waals surface area contributed by atoms with Crippen molar-refractivity contribution in [2.45, 2.75) is 13.0 Å².